The molecule has 7 nitrogen and oxygen atoms in total. The number of nitrogens with zero attached hydrogens (tertiary/aromatic N) is 3. The number of benzene rings is 1. The number of aromatic nitrogens is 2. The molecule has 0 saturated heterocycles. The van der Waals surface area contributed by atoms with Crippen LogP contribution in [0.5, 0.6) is 0 Å². The third-order valence-corrected chi connectivity index (χ3v) is 3.86. The Morgan fingerprint density at radius 3 is 2.66 bits per heavy atom. The van der Waals surface area contributed by atoms with Gasteiger partial charge < -0.3 is 16.0 Å². The molecule has 0 saturated carbocycles. The van der Waals surface area contributed by atoms with Gasteiger partial charge in [0, 0.05) is 43.1 Å². The van der Waals surface area contributed by atoms with Crippen molar-refractivity contribution in [1.29, 1.82) is 0 Å². The van der Waals surface area contributed by atoms with Gasteiger partial charge in [-0.2, -0.15) is 5.10 Å². The van der Waals surface area contributed by atoms with Gasteiger partial charge in [0.15, 0.2) is 5.96 Å². The van der Waals surface area contributed by atoms with Gasteiger partial charge >= 0.3 is 0 Å². The van der Waals surface area contributed by atoms with Crippen molar-refractivity contribution in [3.63, 3.8) is 0 Å². The Morgan fingerprint density at radius 1 is 1.21 bits per heavy atom. The number of guanidine groups is 1. The maximum absolute atomic E-state index is 12.3. The van der Waals surface area contributed by atoms with Gasteiger partial charge in [0.05, 0.1) is 6.54 Å². The SMILES string of the molecule is CCNC(=NCc1cccc(C(=O)NC(C)(C)C)c1)NCCCn1cccn1.I. The van der Waals surface area contributed by atoms with Crippen molar-refractivity contribution in [2.45, 2.75) is 52.7 Å². The predicted molar refractivity (Wildman–Crippen MR) is 129 cm³/mol. The number of rotatable bonds is 8. The summed E-state index contributed by atoms with van der Waals surface area (Å²) >= 11 is 0. The predicted octanol–water partition coefficient (Wildman–Crippen LogP) is 3.17. The summed E-state index contributed by atoms with van der Waals surface area (Å²) in [4.78, 5) is 17.0. The number of nitrogens with one attached hydrogen (secondary N) is 3. The first-order valence-corrected chi connectivity index (χ1v) is 9.78. The number of halogens is 1. The van der Waals surface area contributed by atoms with Crippen LogP contribution in [0.3, 0.4) is 0 Å². The molecule has 8 heteroatoms. The van der Waals surface area contributed by atoms with Gasteiger partial charge in [-0.05, 0) is 57.9 Å². The lowest BCUT2D eigenvalue weighted by Crippen LogP contribution is -2.40. The highest BCUT2D eigenvalue weighted by molar-refractivity contribution is 14.0. The van der Waals surface area contributed by atoms with Gasteiger partial charge in [0.1, 0.15) is 0 Å². The number of carbonyl (C=O) groups excluding carboxylic acids is 1. The first-order valence-electron chi connectivity index (χ1n) is 9.78. The van der Waals surface area contributed by atoms with E-state index in [0.717, 1.165) is 37.6 Å². The third-order valence-electron chi connectivity index (χ3n) is 3.86. The van der Waals surface area contributed by atoms with Crippen LogP contribution < -0.4 is 16.0 Å². The zero-order valence-electron chi connectivity index (χ0n) is 17.7. The molecule has 0 aliphatic rings. The van der Waals surface area contributed by atoms with E-state index in [1.165, 1.54) is 0 Å². The Bertz CT molecular complexity index is 768. The van der Waals surface area contributed by atoms with Crippen LogP contribution in [-0.2, 0) is 13.1 Å². The van der Waals surface area contributed by atoms with E-state index in [-0.39, 0.29) is 35.4 Å². The zero-order chi connectivity index (χ0) is 20.4. The van der Waals surface area contributed by atoms with Crippen molar-refractivity contribution in [3.05, 3.63) is 53.9 Å². The number of amides is 1. The van der Waals surface area contributed by atoms with Crippen molar-refractivity contribution in [1.82, 2.24) is 25.7 Å². The maximum atomic E-state index is 12.3. The second-order valence-corrected chi connectivity index (χ2v) is 7.65. The molecule has 0 bridgehead atoms. The average Bonchev–Trinajstić information content (AvgIpc) is 3.15. The second-order valence-electron chi connectivity index (χ2n) is 7.65. The van der Waals surface area contributed by atoms with Crippen LogP contribution in [0, 0.1) is 0 Å². The first kappa shape index (κ1) is 24.9. The summed E-state index contributed by atoms with van der Waals surface area (Å²) in [6.45, 7) is 10.9. The molecule has 0 aliphatic carbocycles. The normalized spacial score (nSPS) is 11.5. The number of hydrogen-bond acceptors (Lipinski definition) is 3. The smallest absolute Gasteiger partial charge is 0.251 e. The summed E-state index contributed by atoms with van der Waals surface area (Å²) < 4.78 is 1.92. The van der Waals surface area contributed by atoms with Crippen molar-refractivity contribution < 1.29 is 4.79 Å². The summed E-state index contributed by atoms with van der Waals surface area (Å²) in [5.74, 6) is 0.703. The molecule has 29 heavy (non-hydrogen) atoms. The highest BCUT2D eigenvalue weighted by atomic mass is 127. The first-order chi connectivity index (χ1) is 13.4. The van der Waals surface area contributed by atoms with Gasteiger partial charge in [0.25, 0.3) is 5.91 Å². The van der Waals surface area contributed by atoms with E-state index in [1.54, 1.807) is 6.20 Å². The molecule has 1 aromatic carbocycles. The molecular weight excluding hydrogens is 479 g/mol. The van der Waals surface area contributed by atoms with Crippen LogP contribution in [0.2, 0.25) is 0 Å². The molecule has 1 amide bonds. The van der Waals surface area contributed by atoms with Crippen LogP contribution in [0.4, 0.5) is 0 Å². The van der Waals surface area contributed by atoms with Crippen LogP contribution >= 0.6 is 24.0 Å². The summed E-state index contributed by atoms with van der Waals surface area (Å²) in [6, 6.07) is 9.53. The van der Waals surface area contributed by atoms with E-state index in [4.69, 9.17) is 0 Å². The highest BCUT2D eigenvalue weighted by Gasteiger charge is 2.15. The third kappa shape index (κ3) is 9.78. The van der Waals surface area contributed by atoms with E-state index in [1.807, 2.05) is 68.9 Å². The van der Waals surface area contributed by atoms with Gasteiger partial charge in [0.2, 0.25) is 0 Å². The lowest BCUT2D eigenvalue weighted by atomic mass is 10.1. The summed E-state index contributed by atoms with van der Waals surface area (Å²) in [6.07, 6.45) is 4.70. The van der Waals surface area contributed by atoms with Crippen LogP contribution in [-0.4, -0.2) is 40.3 Å². The van der Waals surface area contributed by atoms with Gasteiger partial charge in [-0.1, -0.05) is 12.1 Å². The molecule has 0 unspecified atom stereocenters. The summed E-state index contributed by atoms with van der Waals surface area (Å²) in [7, 11) is 0. The quantitative estimate of drug-likeness (QED) is 0.220. The summed E-state index contributed by atoms with van der Waals surface area (Å²) in [5.41, 5.74) is 1.39. The van der Waals surface area contributed by atoms with E-state index < -0.39 is 0 Å². The lowest BCUT2D eigenvalue weighted by molar-refractivity contribution is 0.0919. The van der Waals surface area contributed by atoms with Crippen LogP contribution in [0.1, 0.15) is 50.0 Å². The van der Waals surface area contributed by atoms with Crippen molar-refractivity contribution in [2.24, 2.45) is 4.99 Å². The number of aryl methyl sites for hydroxylation is 1. The molecule has 160 valence electrons. The van der Waals surface area contributed by atoms with Gasteiger partial charge in [-0.25, -0.2) is 4.99 Å². The Morgan fingerprint density at radius 2 is 2.00 bits per heavy atom. The standard InChI is InChI=1S/C21H32N6O.HI/c1-5-22-20(23-11-7-13-27-14-8-12-25-27)24-16-17-9-6-10-18(15-17)19(28)26-21(2,3)4;/h6,8-10,12,14-15H,5,7,11,13,16H2,1-4H3,(H,26,28)(H2,22,23,24);1H. The molecule has 3 N–H and O–H groups in total. The molecule has 0 radical (unpaired) electrons. The van der Waals surface area contributed by atoms with Crippen molar-refractivity contribution in [3.8, 4) is 0 Å². The average molecular weight is 512 g/mol. The number of carbonyl (C=O) groups is 1. The van der Waals surface area contributed by atoms with E-state index in [0.29, 0.717) is 12.1 Å². The lowest BCUT2D eigenvalue weighted by Gasteiger charge is -2.20. The number of aliphatic imine (C=N–C) groups is 1. The van der Waals surface area contributed by atoms with Crippen molar-refractivity contribution in [2.75, 3.05) is 13.1 Å². The van der Waals surface area contributed by atoms with Crippen LogP contribution in [0.15, 0.2) is 47.7 Å². The number of hydrogen-bond donors (Lipinski definition) is 3. The van der Waals surface area contributed by atoms with E-state index >= 15 is 0 Å². The summed E-state index contributed by atoms with van der Waals surface area (Å²) in [5, 5.41) is 13.8. The zero-order valence-corrected chi connectivity index (χ0v) is 20.1. The molecule has 1 aromatic heterocycles. The Balaban J connectivity index is 0.00000420. The molecule has 1 heterocycles. The molecule has 0 fully saturated rings. The molecular formula is C21H33IN6O. The molecule has 2 rings (SSSR count). The Kier molecular flexibility index (Phi) is 10.7. The van der Waals surface area contributed by atoms with E-state index in [9.17, 15) is 4.79 Å². The van der Waals surface area contributed by atoms with Crippen LogP contribution in [0.25, 0.3) is 0 Å². The van der Waals surface area contributed by atoms with Gasteiger partial charge in [-0.15, -0.1) is 24.0 Å². The molecule has 0 atom stereocenters. The minimum Gasteiger partial charge on any atom is -0.357 e. The van der Waals surface area contributed by atoms with Crippen molar-refractivity contribution >= 4 is 35.8 Å². The fourth-order valence-corrected chi connectivity index (χ4v) is 2.62. The minimum atomic E-state index is -0.260. The Labute approximate surface area is 190 Å². The second kappa shape index (κ2) is 12.5. The fourth-order valence-electron chi connectivity index (χ4n) is 2.62. The largest absolute Gasteiger partial charge is 0.357 e. The van der Waals surface area contributed by atoms with Gasteiger partial charge in [-0.3, -0.25) is 9.48 Å². The Hall–Kier alpha value is -2.10. The molecule has 2 aromatic rings. The maximum Gasteiger partial charge on any atom is 0.251 e. The highest BCUT2D eigenvalue weighted by Crippen LogP contribution is 2.09. The topological polar surface area (TPSA) is 83.3 Å². The fraction of sp³-hybridized carbons (Fsp3) is 0.476. The van der Waals surface area contributed by atoms with E-state index in [2.05, 4.69) is 26.0 Å². The molecule has 0 aliphatic heterocycles. The monoisotopic (exact) mass is 512 g/mol. The minimum absolute atomic E-state index is 0. The molecule has 0 spiro atoms.